The Kier molecular flexibility index (Phi) is 2.57. The zero-order valence-electron chi connectivity index (χ0n) is 13.8. The molecule has 0 heterocycles. The fourth-order valence-electron chi connectivity index (χ4n) is 7.43. The van der Waals surface area contributed by atoms with Crippen LogP contribution in [0.15, 0.2) is 0 Å². The standard InChI is InChI=1S/C19H28O3/c1-3-10(2)17(20)22-19-7-14-11-4-18(21)5-12(14)16(9-19)13(6-18)15(11)8-19/h10-16,21H,3-9H2,1-2H3. The number of rotatable bonds is 3. The third-order valence-corrected chi connectivity index (χ3v) is 8.30. The van der Waals surface area contributed by atoms with E-state index >= 15 is 0 Å². The van der Waals surface area contributed by atoms with Crippen LogP contribution in [-0.2, 0) is 9.53 Å². The number of esters is 1. The second kappa shape index (κ2) is 4.09. The van der Waals surface area contributed by atoms with E-state index in [1.807, 2.05) is 6.92 Å². The Morgan fingerprint density at radius 1 is 1.00 bits per heavy atom. The zero-order chi connectivity index (χ0) is 15.3. The number of hydrogen-bond donors (Lipinski definition) is 1. The number of carbonyl (C=O) groups excluding carboxylic acids is 1. The van der Waals surface area contributed by atoms with Crippen molar-refractivity contribution >= 4 is 5.97 Å². The van der Waals surface area contributed by atoms with Crippen LogP contribution in [0.3, 0.4) is 0 Å². The van der Waals surface area contributed by atoms with Gasteiger partial charge < -0.3 is 9.84 Å². The minimum absolute atomic E-state index is 0.0275. The first kappa shape index (κ1) is 13.8. The van der Waals surface area contributed by atoms with E-state index in [2.05, 4.69) is 6.92 Å². The molecule has 8 bridgehead atoms. The van der Waals surface area contributed by atoms with Crippen molar-refractivity contribution in [2.75, 3.05) is 0 Å². The molecular weight excluding hydrogens is 276 g/mol. The highest BCUT2D eigenvalue weighted by Gasteiger charge is 2.71. The molecule has 7 aliphatic carbocycles. The van der Waals surface area contributed by atoms with Crippen molar-refractivity contribution in [1.29, 1.82) is 0 Å². The molecule has 7 saturated carbocycles. The molecule has 0 saturated heterocycles. The Hall–Kier alpha value is -0.570. The van der Waals surface area contributed by atoms with Crippen LogP contribution in [0.5, 0.6) is 0 Å². The van der Waals surface area contributed by atoms with E-state index in [1.54, 1.807) is 0 Å². The van der Waals surface area contributed by atoms with Crippen LogP contribution in [0.4, 0.5) is 0 Å². The Bertz CT molecular complexity index is 462. The molecule has 0 aromatic carbocycles. The number of ether oxygens (including phenoxy) is 1. The maximum absolute atomic E-state index is 12.4. The van der Waals surface area contributed by atoms with Gasteiger partial charge in [0.2, 0.25) is 0 Å². The molecule has 0 aromatic rings. The van der Waals surface area contributed by atoms with Crippen LogP contribution in [0.2, 0.25) is 0 Å². The van der Waals surface area contributed by atoms with Crippen molar-refractivity contribution in [3.8, 4) is 0 Å². The molecule has 7 aliphatic rings. The van der Waals surface area contributed by atoms with Gasteiger partial charge in [-0.3, -0.25) is 4.79 Å². The summed E-state index contributed by atoms with van der Waals surface area (Å²) in [5.41, 5.74) is -0.481. The third kappa shape index (κ3) is 1.59. The topological polar surface area (TPSA) is 46.5 Å². The highest BCUT2D eigenvalue weighted by molar-refractivity contribution is 5.72. The van der Waals surface area contributed by atoms with Gasteiger partial charge in [-0.25, -0.2) is 0 Å². The predicted octanol–water partition coefficient (Wildman–Crippen LogP) is 3.15. The van der Waals surface area contributed by atoms with Gasteiger partial charge in [0.15, 0.2) is 0 Å². The quantitative estimate of drug-likeness (QED) is 0.815. The van der Waals surface area contributed by atoms with E-state index in [0.29, 0.717) is 0 Å². The van der Waals surface area contributed by atoms with Gasteiger partial charge in [0, 0.05) is 0 Å². The first-order chi connectivity index (χ1) is 10.4. The first-order valence-corrected chi connectivity index (χ1v) is 9.39. The molecule has 7 rings (SSSR count). The van der Waals surface area contributed by atoms with Crippen molar-refractivity contribution in [3.63, 3.8) is 0 Å². The fourth-order valence-corrected chi connectivity index (χ4v) is 7.43. The summed E-state index contributed by atoms with van der Waals surface area (Å²) >= 11 is 0. The van der Waals surface area contributed by atoms with Gasteiger partial charge in [0.25, 0.3) is 0 Å². The summed E-state index contributed by atoms with van der Waals surface area (Å²) < 4.78 is 6.16. The third-order valence-electron chi connectivity index (χ3n) is 8.30. The molecule has 0 radical (unpaired) electrons. The van der Waals surface area contributed by atoms with Crippen LogP contribution < -0.4 is 0 Å². The highest BCUT2D eigenvalue weighted by Crippen LogP contribution is 2.73. The van der Waals surface area contributed by atoms with Gasteiger partial charge in [0.05, 0.1) is 11.5 Å². The Morgan fingerprint density at radius 2 is 1.41 bits per heavy atom. The SMILES string of the molecule is CCC(C)C(=O)OC12CC3C4CC5(O)CC3C(C1)C(C5)C4C2. The lowest BCUT2D eigenvalue weighted by Crippen LogP contribution is -2.71. The van der Waals surface area contributed by atoms with E-state index in [-0.39, 0.29) is 23.1 Å². The molecule has 22 heavy (non-hydrogen) atoms. The van der Waals surface area contributed by atoms with Gasteiger partial charge >= 0.3 is 5.97 Å². The predicted molar refractivity (Wildman–Crippen MR) is 81.9 cm³/mol. The molecule has 3 nitrogen and oxygen atoms in total. The van der Waals surface area contributed by atoms with Crippen LogP contribution >= 0.6 is 0 Å². The maximum atomic E-state index is 12.4. The molecule has 0 amide bonds. The van der Waals surface area contributed by atoms with Gasteiger partial charge in [-0.05, 0) is 80.5 Å². The molecule has 3 heteroatoms. The summed E-state index contributed by atoms with van der Waals surface area (Å²) in [5, 5.41) is 10.8. The molecule has 0 aliphatic heterocycles. The monoisotopic (exact) mass is 304 g/mol. The summed E-state index contributed by atoms with van der Waals surface area (Å²) in [7, 11) is 0. The molecular formula is C19H28O3. The molecule has 7 fully saturated rings. The summed E-state index contributed by atoms with van der Waals surface area (Å²) in [6, 6.07) is 0. The highest BCUT2D eigenvalue weighted by atomic mass is 16.6. The van der Waals surface area contributed by atoms with Gasteiger partial charge in [-0.15, -0.1) is 0 Å². The minimum Gasteiger partial charge on any atom is -0.459 e. The van der Waals surface area contributed by atoms with Crippen molar-refractivity contribution in [2.24, 2.45) is 41.4 Å². The smallest absolute Gasteiger partial charge is 0.309 e. The Labute approximate surface area is 132 Å². The number of hydrogen-bond acceptors (Lipinski definition) is 3. The summed E-state index contributed by atoms with van der Waals surface area (Å²) in [5.74, 6) is 4.37. The molecule has 1 atom stereocenters. The van der Waals surface area contributed by atoms with Gasteiger partial charge in [-0.2, -0.15) is 0 Å². The van der Waals surface area contributed by atoms with Crippen molar-refractivity contribution < 1.29 is 14.6 Å². The van der Waals surface area contributed by atoms with Crippen molar-refractivity contribution in [1.82, 2.24) is 0 Å². The summed E-state index contributed by atoms with van der Waals surface area (Å²) in [6.07, 6.45) is 7.19. The number of aliphatic hydroxyl groups is 1. The lowest BCUT2D eigenvalue weighted by Gasteiger charge is -2.73. The Morgan fingerprint density at radius 3 is 1.82 bits per heavy atom. The van der Waals surface area contributed by atoms with Gasteiger partial charge in [-0.1, -0.05) is 13.8 Å². The second-order valence-electron chi connectivity index (χ2n) is 9.35. The van der Waals surface area contributed by atoms with Gasteiger partial charge in [0.1, 0.15) is 5.60 Å². The second-order valence-corrected chi connectivity index (χ2v) is 9.35. The molecule has 0 spiro atoms. The van der Waals surface area contributed by atoms with E-state index < -0.39 is 0 Å². The zero-order valence-corrected chi connectivity index (χ0v) is 13.8. The van der Waals surface area contributed by atoms with Crippen LogP contribution in [-0.4, -0.2) is 22.3 Å². The van der Waals surface area contributed by atoms with Crippen molar-refractivity contribution in [3.05, 3.63) is 0 Å². The van der Waals surface area contributed by atoms with Crippen LogP contribution in [0, 0.1) is 41.4 Å². The average Bonchev–Trinajstić information content (AvgIpc) is 2.49. The minimum atomic E-state index is -0.339. The van der Waals surface area contributed by atoms with E-state index in [0.717, 1.165) is 80.5 Å². The summed E-state index contributed by atoms with van der Waals surface area (Å²) in [6.45, 7) is 4.05. The van der Waals surface area contributed by atoms with Crippen LogP contribution in [0.1, 0.15) is 58.8 Å². The normalized spacial score (nSPS) is 58.1. The number of carbonyl (C=O) groups is 1. The first-order valence-electron chi connectivity index (χ1n) is 9.39. The van der Waals surface area contributed by atoms with E-state index in [1.165, 1.54) is 0 Å². The summed E-state index contributed by atoms with van der Waals surface area (Å²) in [4.78, 5) is 12.4. The van der Waals surface area contributed by atoms with E-state index in [9.17, 15) is 9.90 Å². The molecule has 122 valence electrons. The fraction of sp³-hybridized carbons (Fsp3) is 0.947. The Balaban J connectivity index is 1.44. The molecule has 0 aromatic heterocycles. The lowest BCUT2D eigenvalue weighted by molar-refractivity contribution is -0.294. The molecule has 1 N–H and O–H groups in total. The van der Waals surface area contributed by atoms with Crippen molar-refractivity contribution in [2.45, 2.75) is 70.0 Å². The largest absolute Gasteiger partial charge is 0.459 e. The lowest BCUT2D eigenvalue weighted by atomic mass is 9.34. The molecule has 1 unspecified atom stereocenters. The average molecular weight is 304 g/mol. The maximum Gasteiger partial charge on any atom is 0.309 e. The van der Waals surface area contributed by atoms with E-state index in [4.69, 9.17) is 4.74 Å². The van der Waals surface area contributed by atoms with Crippen LogP contribution in [0.25, 0.3) is 0 Å².